The third kappa shape index (κ3) is 4.95. The number of ether oxygens (including phenoxy) is 4. The minimum absolute atomic E-state index is 0.302. The van der Waals surface area contributed by atoms with Crippen LogP contribution in [0.3, 0.4) is 0 Å². The maximum absolute atomic E-state index is 12.6. The largest absolute Gasteiger partial charge is 0.494 e. The van der Waals surface area contributed by atoms with Gasteiger partial charge in [0.15, 0.2) is 16.3 Å². The smallest absolute Gasteiger partial charge is 0.272 e. The Labute approximate surface area is 190 Å². The van der Waals surface area contributed by atoms with Gasteiger partial charge in [-0.05, 0) is 48.9 Å². The molecular formula is C24H24N2O5S. The van der Waals surface area contributed by atoms with Gasteiger partial charge in [-0.2, -0.15) is 4.99 Å². The second-order valence-electron chi connectivity index (χ2n) is 6.48. The number of methoxy groups -OCH3 is 3. The van der Waals surface area contributed by atoms with Gasteiger partial charge >= 0.3 is 0 Å². The molecule has 0 atom stereocenters. The summed E-state index contributed by atoms with van der Waals surface area (Å²) in [6, 6.07) is 9.22. The summed E-state index contributed by atoms with van der Waals surface area (Å²) in [6.07, 6.45) is 8.56. The van der Waals surface area contributed by atoms with Crippen molar-refractivity contribution in [2.45, 2.75) is 13.5 Å². The fourth-order valence-electron chi connectivity index (χ4n) is 3.14. The Bertz CT molecular complexity index is 1240. The number of hydrogen-bond donors (Lipinski definition) is 0. The number of fused-ring (bicyclic) bond motifs is 1. The molecule has 0 N–H and O–H groups in total. The van der Waals surface area contributed by atoms with Crippen LogP contribution in [0.1, 0.15) is 12.5 Å². The summed E-state index contributed by atoms with van der Waals surface area (Å²) in [6.45, 7) is 2.80. The molecule has 0 spiro atoms. The predicted octanol–water partition coefficient (Wildman–Crippen LogP) is 3.90. The lowest BCUT2D eigenvalue weighted by atomic mass is 10.1. The third-order valence-corrected chi connectivity index (χ3v) is 5.57. The third-order valence-electron chi connectivity index (χ3n) is 4.53. The molecular weight excluding hydrogens is 428 g/mol. The SMILES string of the molecule is C#CCn1c(=NC(=O)/C=C\c2cc(OC)c(OC)c(OC)c2)sc2cc(OCC)ccc21. The molecule has 166 valence electrons. The van der Waals surface area contributed by atoms with Crippen molar-refractivity contribution in [2.24, 2.45) is 4.99 Å². The molecule has 0 fully saturated rings. The second-order valence-corrected chi connectivity index (χ2v) is 7.49. The van der Waals surface area contributed by atoms with E-state index in [0.29, 0.717) is 40.8 Å². The molecule has 8 heteroatoms. The molecule has 1 aromatic heterocycles. The van der Waals surface area contributed by atoms with Gasteiger partial charge in [-0.15, -0.1) is 6.42 Å². The Morgan fingerprint density at radius 2 is 1.88 bits per heavy atom. The van der Waals surface area contributed by atoms with E-state index in [9.17, 15) is 4.79 Å². The lowest BCUT2D eigenvalue weighted by molar-refractivity contribution is -0.113. The Morgan fingerprint density at radius 3 is 2.47 bits per heavy atom. The summed E-state index contributed by atoms with van der Waals surface area (Å²) < 4.78 is 24.4. The van der Waals surface area contributed by atoms with E-state index < -0.39 is 5.91 Å². The first-order valence-corrected chi connectivity index (χ1v) is 10.6. The molecule has 0 saturated carbocycles. The Kier molecular flexibility index (Phi) is 7.58. The van der Waals surface area contributed by atoms with E-state index in [4.69, 9.17) is 25.4 Å². The molecule has 1 heterocycles. The first-order valence-electron chi connectivity index (χ1n) is 9.81. The van der Waals surface area contributed by atoms with Crippen molar-refractivity contribution in [3.8, 4) is 35.3 Å². The molecule has 0 aliphatic carbocycles. The van der Waals surface area contributed by atoms with Crippen molar-refractivity contribution in [3.63, 3.8) is 0 Å². The van der Waals surface area contributed by atoms with E-state index in [2.05, 4.69) is 10.9 Å². The molecule has 0 aliphatic heterocycles. The monoisotopic (exact) mass is 452 g/mol. The topological polar surface area (TPSA) is 71.3 Å². The van der Waals surface area contributed by atoms with Crippen LogP contribution in [0.15, 0.2) is 41.4 Å². The van der Waals surface area contributed by atoms with Gasteiger partial charge in [0.1, 0.15) is 5.75 Å². The van der Waals surface area contributed by atoms with Crippen molar-refractivity contribution < 1.29 is 23.7 Å². The summed E-state index contributed by atoms with van der Waals surface area (Å²) >= 11 is 1.38. The summed E-state index contributed by atoms with van der Waals surface area (Å²) in [5, 5.41) is 0. The lowest BCUT2D eigenvalue weighted by Gasteiger charge is -2.12. The van der Waals surface area contributed by atoms with Crippen molar-refractivity contribution in [3.05, 3.63) is 46.8 Å². The van der Waals surface area contributed by atoms with Crippen LogP contribution in [0.25, 0.3) is 16.3 Å². The van der Waals surface area contributed by atoms with Crippen LogP contribution >= 0.6 is 11.3 Å². The van der Waals surface area contributed by atoms with Gasteiger partial charge in [0.05, 0.1) is 44.7 Å². The molecule has 0 bridgehead atoms. The number of hydrogen-bond acceptors (Lipinski definition) is 6. The van der Waals surface area contributed by atoms with Crippen LogP contribution in [0.2, 0.25) is 0 Å². The molecule has 3 aromatic rings. The van der Waals surface area contributed by atoms with E-state index in [-0.39, 0.29) is 0 Å². The zero-order chi connectivity index (χ0) is 23.1. The number of benzene rings is 2. The fourth-order valence-corrected chi connectivity index (χ4v) is 4.20. The summed E-state index contributed by atoms with van der Waals surface area (Å²) in [5.41, 5.74) is 1.61. The van der Waals surface area contributed by atoms with Crippen LogP contribution in [0, 0.1) is 12.3 Å². The normalized spacial score (nSPS) is 11.5. The van der Waals surface area contributed by atoms with Crippen molar-refractivity contribution in [1.82, 2.24) is 4.57 Å². The van der Waals surface area contributed by atoms with E-state index >= 15 is 0 Å². The highest BCUT2D eigenvalue weighted by Crippen LogP contribution is 2.38. The van der Waals surface area contributed by atoms with Crippen molar-refractivity contribution >= 4 is 33.5 Å². The highest BCUT2D eigenvalue weighted by Gasteiger charge is 2.12. The number of nitrogens with zero attached hydrogens (tertiary/aromatic N) is 2. The molecule has 0 radical (unpaired) electrons. The number of terminal acetylenes is 1. The molecule has 0 aliphatic rings. The molecule has 32 heavy (non-hydrogen) atoms. The van der Waals surface area contributed by atoms with Crippen LogP contribution in [0.5, 0.6) is 23.0 Å². The highest BCUT2D eigenvalue weighted by atomic mass is 32.1. The van der Waals surface area contributed by atoms with E-state index in [1.807, 2.05) is 29.7 Å². The number of amides is 1. The van der Waals surface area contributed by atoms with E-state index in [0.717, 1.165) is 16.0 Å². The van der Waals surface area contributed by atoms with Gasteiger partial charge in [0, 0.05) is 6.08 Å². The van der Waals surface area contributed by atoms with Gasteiger partial charge < -0.3 is 23.5 Å². The van der Waals surface area contributed by atoms with Gasteiger partial charge in [-0.25, -0.2) is 0 Å². The average molecular weight is 453 g/mol. The minimum Gasteiger partial charge on any atom is -0.494 e. The number of rotatable bonds is 8. The standard InChI is InChI=1S/C24H24N2O5S/c1-6-12-26-18-10-9-17(31-7-2)15-21(18)32-24(26)25-22(27)11-8-16-13-19(28-3)23(30-5)20(14-16)29-4/h1,8-11,13-15H,7,12H2,2-5H3/b11-8-,25-24?. The Hall–Kier alpha value is -3.70. The quantitative estimate of drug-likeness (QED) is 0.383. The Balaban J connectivity index is 1.96. The van der Waals surface area contributed by atoms with Crippen LogP contribution in [-0.2, 0) is 11.3 Å². The molecule has 7 nitrogen and oxygen atoms in total. The number of thiazole rings is 1. The molecule has 3 rings (SSSR count). The van der Waals surface area contributed by atoms with Gasteiger partial charge in [0.25, 0.3) is 5.91 Å². The average Bonchev–Trinajstić information content (AvgIpc) is 3.13. The van der Waals surface area contributed by atoms with E-state index in [1.165, 1.54) is 38.7 Å². The number of carbonyl (C=O) groups is 1. The summed E-state index contributed by atoms with van der Waals surface area (Å²) in [7, 11) is 4.61. The first-order chi connectivity index (χ1) is 15.5. The maximum Gasteiger partial charge on any atom is 0.272 e. The Morgan fingerprint density at radius 1 is 1.16 bits per heavy atom. The molecule has 1 amide bonds. The minimum atomic E-state index is -0.416. The van der Waals surface area contributed by atoms with E-state index in [1.54, 1.807) is 18.2 Å². The van der Waals surface area contributed by atoms with Crippen LogP contribution < -0.4 is 23.7 Å². The fraction of sp³-hybridized carbons (Fsp3) is 0.250. The maximum atomic E-state index is 12.6. The molecule has 2 aromatic carbocycles. The zero-order valence-corrected chi connectivity index (χ0v) is 19.2. The second kappa shape index (κ2) is 10.6. The van der Waals surface area contributed by atoms with Crippen LogP contribution in [0.4, 0.5) is 0 Å². The summed E-state index contributed by atoms with van der Waals surface area (Å²) in [5.74, 6) is 4.44. The van der Waals surface area contributed by atoms with Gasteiger partial charge in [0.2, 0.25) is 5.75 Å². The highest BCUT2D eigenvalue weighted by molar-refractivity contribution is 7.16. The first kappa shape index (κ1) is 23.0. The van der Waals surface area contributed by atoms with Crippen molar-refractivity contribution in [1.29, 1.82) is 0 Å². The lowest BCUT2D eigenvalue weighted by Crippen LogP contribution is -2.15. The number of carbonyl (C=O) groups excluding carboxylic acids is 1. The zero-order valence-electron chi connectivity index (χ0n) is 18.4. The van der Waals surface area contributed by atoms with Crippen LogP contribution in [-0.4, -0.2) is 38.4 Å². The van der Waals surface area contributed by atoms with Gasteiger partial charge in [-0.1, -0.05) is 17.3 Å². The number of aromatic nitrogens is 1. The molecule has 0 saturated heterocycles. The predicted molar refractivity (Wildman–Crippen MR) is 126 cm³/mol. The summed E-state index contributed by atoms with van der Waals surface area (Å²) in [4.78, 5) is 17.4. The van der Waals surface area contributed by atoms with Gasteiger partial charge in [-0.3, -0.25) is 4.79 Å². The van der Waals surface area contributed by atoms with Crippen molar-refractivity contribution in [2.75, 3.05) is 27.9 Å². The molecule has 0 unspecified atom stereocenters.